The van der Waals surface area contributed by atoms with Crippen LogP contribution in [-0.2, 0) is 6.54 Å². The smallest absolute Gasteiger partial charge is 0.223 e. The summed E-state index contributed by atoms with van der Waals surface area (Å²) >= 11 is 0. The summed E-state index contributed by atoms with van der Waals surface area (Å²) in [6.07, 6.45) is 3.17. The van der Waals surface area contributed by atoms with Crippen LogP contribution in [0.4, 0.5) is 5.95 Å². The molecule has 0 atom stereocenters. The fraction of sp³-hybridized carbons (Fsp3) is 0.118. The third-order valence-electron chi connectivity index (χ3n) is 3.63. The molecule has 0 bridgehead atoms. The first-order valence-corrected chi connectivity index (χ1v) is 7.65. The van der Waals surface area contributed by atoms with Gasteiger partial charge < -0.3 is 9.30 Å². The predicted octanol–water partition coefficient (Wildman–Crippen LogP) is 2.58. The highest BCUT2D eigenvalue weighted by Gasteiger charge is 2.10. The molecular weight excluding hydrogens is 304 g/mol. The van der Waals surface area contributed by atoms with Crippen molar-refractivity contribution in [1.29, 1.82) is 0 Å². The maximum Gasteiger partial charge on any atom is 0.223 e. The van der Waals surface area contributed by atoms with E-state index < -0.39 is 0 Å². The lowest BCUT2D eigenvalue weighted by molar-refractivity contribution is 0.301. The van der Waals surface area contributed by atoms with E-state index in [4.69, 9.17) is 4.74 Å². The Labute approximate surface area is 138 Å². The first-order valence-electron chi connectivity index (χ1n) is 7.65. The van der Waals surface area contributed by atoms with Gasteiger partial charge in [-0.3, -0.25) is 5.43 Å². The number of aromatic nitrogens is 5. The molecule has 2 heterocycles. The van der Waals surface area contributed by atoms with E-state index in [2.05, 4.69) is 25.2 Å². The highest BCUT2D eigenvalue weighted by atomic mass is 16.5. The number of para-hydroxylation sites is 3. The molecule has 4 aromatic rings. The molecule has 0 aliphatic carbocycles. The van der Waals surface area contributed by atoms with Gasteiger partial charge in [-0.05, 0) is 24.3 Å². The highest BCUT2D eigenvalue weighted by Crippen LogP contribution is 2.20. The number of rotatable bonds is 6. The maximum absolute atomic E-state index is 5.81. The minimum absolute atomic E-state index is 0.543. The Morgan fingerprint density at radius 3 is 2.50 bits per heavy atom. The molecule has 0 aliphatic heterocycles. The van der Waals surface area contributed by atoms with Crippen LogP contribution in [0.25, 0.3) is 11.0 Å². The second-order valence-corrected chi connectivity index (χ2v) is 5.22. The van der Waals surface area contributed by atoms with Crippen molar-refractivity contribution < 1.29 is 4.74 Å². The third kappa shape index (κ3) is 2.91. The van der Waals surface area contributed by atoms with E-state index in [1.54, 1.807) is 17.3 Å². The van der Waals surface area contributed by atoms with Crippen LogP contribution in [0.15, 0.2) is 67.3 Å². The number of hydrogen-bond acceptors (Lipinski definition) is 5. The molecule has 1 N–H and O–H groups in total. The number of anilines is 1. The Hall–Kier alpha value is -3.35. The number of ether oxygens (including phenoxy) is 1. The number of fused-ring (bicyclic) bond motifs is 1. The Kier molecular flexibility index (Phi) is 3.81. The van der Waals surface area contributed by atoms with Crippen molar-refractivity contribution in [3.8, 4) is 5.75 Å². The average Bonchev–Trinajstić information content (AvgIpc) is 3.25. The molecule has 0 amide bonds. The SMILES string of the molecule is c1ccc(OCCn2c(Nn3cnnc3)nc3ccccc32)cc1. The lowest BCUT2D eigenvalue weighted by Crippen LogP contribution is -2.15. The summed E-state index contributed by atoms with van der Waals surface area (Å²) in [7, 11) is 0. The van der Waals surface area contributed by atoms with Crippen molar-refractivity contribution >= 4 is 17.0 Å². The van der Waals surface area contributed by atoms with Gasteiger partial charge in [-0.2, -0.15) is 0 Å². The largest absolute Gasteiger partial charge is 0.492 e. The Morgan fingerprint density at radius 2 is 1.67 bits per heavy atom. The molecule has 0 saturated heterocycles. The molecular formula is C17H16N6O. The van der Waals surface area contributed by atoms with Gasteiger partial charge in [0.15, 0.2) is 0 Å². The van der Waals surface area contributed by atoms with Gasteiger partial charge in [-0.25, -0.2) is 9.66 Å². The maximum atomic E-state index is 5.81. The normalized spacial score (nSPS) is 10.8. The van der Waals surface area contributed by atoms with Crippen molar-refractivity contribution in [2.45, 2.75) is 6.54 Å². The molecule has 4 rings (SSSR count). The molecule has 0 spiro atoms. The zero-order valence-corrected chi connectivity index (χ0v) is 12.9. The summed E-state index contributed by atoms with van der Waals surface area (Å²) in [5.41, 5.74) is 5.15. The quantitative estimate of drug-likeness (QED) is 0.591. The average molecular weight is 320 g/mol. The van der Waals surface area contributed by atoms with Crippen LogP contribution in [-0.4, -0.2) is 31.0 Å². The van der Waals surface area contributed by atoms with E-state index in [0.29, 0.717) is 19.1 Å². The standard InChI is InChI=1S/C17H16N6O/c1-2-6-14(7-3-1)24-11-10-23-16-9-5-4-8-15(16)20-17(23)21-22-12-18-19-13-22/h1-9,12-13H,10-11H2,(H,20,21). The monoisotopic (exact) mass is 320 g/mol. The summed E-state index contributed by atoms with van der Waals surface area (Å²) in [5.74, 6) is 1.57. The van der Waals surface area contributed by atoms with Crippen molar-refractivity contribution in [3.63, 3.8) is 0 Å². The summed E-state index contributed by atoms with van der Waals surface area (Å²) < 4.78 is 9.55. The van der Waals surface area contributed by atoms with E-state index in [-0.39, 0.29) is 0 Å². The Balaban J connectivity index is 1.57. The molecule has 120 valence electrons. The zero-order chi connectivity index (χ0) is 16.2. The minimum atomic E-state index is 0.543. The number of nitrogens with one attached hydrogen (secondary N) is 1. The molecule has 0 radical (unpaired) electrons. The number of nitrogens with zero attached hydrogens (tertiary/aromatic N) is 5. The molecule has 7 nitrogen and oxygen atoms in total. The molecule has 2 aromatic heterocycles. The van der Waals surface area contributed by atoms with Gasteiger partial charge in [-0.15, -0.1) is 10.2 Å². The number of imidazole rings is 1. The van der Waals surface area contributed by atoms with E-state index >= 15 is 0 Å². The van der Waals surface area contributed by atoms with E-state index in [1.807, 2.05) is 54.6 Å². The van der Waals surface area contributed by atoms with Gasteiger partial charge in [0.05, 0.1) is 17.6 Å². The van der Waals surface area contributed by atoms with Crippen LogP contribution in [0.5, 0.6) is 5.75 Å². The topological polar surface area (TPSA) is 69.8 Å². The Bertz CT molecular complexity index is 917. The van der Waals surface area contributed by atoms with Gasteiger partial charge in [0.2, 0.25) is 5.95 Å². The molecule has 7 heteroatoms. The van der Waals surface area contributed by atoms with E-state index in [9.17, 15) is 0 Å². The number of hydrogen-bond donors (Lipinski definition) is 1. The first-order chi connectivity index (χ1) is 11.9. The van der Waals surface area contributed by atoms with Crippen LogP contribution < -0.4 is 10.2 Å². The van der Waals surface area contributed by atoms with E-state index in [0.717, 1.165) is 16.8 Å². The second-order valence-electron chi connectivity index (χ2n) is 5.22. The zero-order valence-electron chi connectivity index (χ0n) is 12.9. The predicted molar refractivity (Wildman–Crippen MR) is 90.7 cm³/mol. The van der Waals surface area contributed by atoms with Gasteiger partial charge in [0, 0.05) is 0 Å². The Morgan fingerprint density at radius 1 is 0.917 bits per heavy atom. The lowest BCUT2D eigenvalue weighted by Gasteiger charge is -2.11. The lowest BCUT2D eigenvalue weighted by atomic mass is 10.3. The highest BCUT2D eigenvalue weighted by molar-refractivity contribution is 5.78. The first kappa shape index (κ1) is 14.3. The van der Waals surface area contributed by atoms with Crippen LogP contribution >= 0.6 is 0 Å². The number of benzene rings is 2. The summed E-state index contributed by atoms with van der Waals surface area (Å²) in [4.78, 5) is 4.63. The van der Waals surface area contributed by atoms with Crippen molar-refractivity contribution in [2.24, 2.45) is 0 Å². The molecule has 24 heavy (non-hydrogen) atoms. The fourth-order valence-electron chi connectivity index (χ4n) is 2.53. The fourth-order valence-corrected chi connectivity index (χ4v) is 2.53. The molecule has 2 aromatic carbocycles. The molecule has 0 fully saturated rings. The van der Waals surface area contributed by atoms with Gasteiger partial charge >= 0.3 is 0 Å². The molecule has 0 saturated carbocycles. The van der Waals surface area contributed by atoms with Crippen LogP contribution in [0.1, 0.15) is 0 Å². The van der Waals surface area contributed by atoms with E-state index in [1.165, 1.54) is 0 Å². The summed E-state index contributed by atoms with van der Waals surface area (Å²) in [6.45, 7) is 1.21. The van der Waals surface area contributed by atoms with Crippen molar-refractivity contribution in [1.82, 2.24) is 24.4 Å². The van der Waals surface area contributed by atoms with Crippen LogP contribution in [0.3, 0.4) is 0 Å². The van der Waals surface area contributed by atoms with Crippen LogP contribution in [0, 0.1) is 0 Å². The van der Waals surface area contributed by atoms with Gasteiger partial charge in [0.25, 0.3) is 0 Å². The minimum Gasteiger partial charge on any atom is -0.492 e. The van der Waals surface area contributed by atoms with Crippen molar-refractivity contribution in [3.05, 3.63) is 67.3 Å². The van der Waals surface area contributed by atoms with Crippen molar-refractivity contribution in [2.75, 3.05) is 12.0 Å². The summed E-state index contributed by atoms with van der Waals surface area (Å²) in [5, 5.41) is 7.58. The molecule has 0 aliphatic rings. The van der Waals surface area contributed by atoms with Crippen LogP contribution in [0.2, 0.25) is 0 Å². The molecule has 0 unspecified atom stereocenters. The van der Waals surface area contributed by atoms with Gasteiger partial charge in [-0.1, -0.05) is 30.3 Å². The second kappa shape index (κ2) is 6.41. The van der Waals surface area contributed by atoms with Gasteiger partial charge in [0.1, 0.15) is 25.0 Å². The third-order valence-corrected chi connectivity index (χ3v) is 3.63. The summed E-state index contributed by atoms with van der Waals surface area (Å²) in [6, 6.07) is 17.8.